The Bertz CT molecular complexity index is 1580. The molecule has 1 unspecified atom stereocenters. The number of amides is 2. The highest BCUT2D eigenvalue weighted by Gasteiger charge is 2.56. The number of ether oxygens (including phenoxy) is 2. The van der Waals surface area contributed by atoms with Crippen LogP contribution in [0.5, 0.6) is 28.7 Å². The predicted molar refractivity (Wildman–Crippen MR) is 150 cm³/mol. The van der Waals surface area contributed by atoms with E-state index in [4.69, 9.17) is 9.47 Å². The minimum Gasteiger partial charge on any atom is -0.507 e. The number of carbonyl (C=O) groups excluding carboxylic acids is 2. The fraction of sp³-hybridized carbons (Fsp3) is 0.500. The van der Waals surface area contributed by atoms with Gasteiger partial charge in [0.25, 0.3) is 5.91 Å². The number of hydrogen-bond donors (Lipinski definition) is 5. The maximum Gasteiger partial charge on any atom is 0.252 e. The van der Waals surface area contributed by atoms with E-state index in [-0.39, 0.29) is 43.0 Å². The number of nitrogens with zero attached hydrogens (tertiary/aromatic N) is 3. The van der Waals surface area contributed by atoms with Crippen molar-refractivity contribution < 1.29 is 38.8 Å². The van der Waals surface area contributed by atoms with Crippen LogP contribution in [0.4, 0.5) is 4.39 Å². The van der Waals surface area contributed by atoms with Crippen LogP contribution >= 0.6 is 0 Å². The zero-order chi connectivity index (χ0) is 30.9. The van der Waals surface area contributed by atoms with Crippen LogP contribution in [-0.4, -0.2) is 88.2 Å². The smallest absolute Gasteiger partial charge is 0.252 e. The molecule has 2 aromatic rings. The number of nitriles is 1. The van der Waals surface area contributed by atoms with E-state index in [1.54, 1.807) is 13.8 Å². The summed E-state index contributed by atoms with van der Waals surface area (Å²) in [5, 5.41) is 49.2. The number of likely N-dealkylation sites (N-methyl/N-ethyl adjacent to an activating group) is 1. The van der Waals surface area contributed by atoms with Gasteiger partial charge in [0.2, 0.25) is 12.7 Å². The number of hydrogen-bond acceptors (Lipinski definition) is 10. The van der Waals surface area contributed by atoms with E-state index >= 15 is 0 Å². The Morgan fingerprint density at radius 3 is 2.53 bits per heavy atom. The maximum atomic E-state index is 13.0. The van der Waals surface area contributed by atoms with Gasteiger partial charge in [-0.1, -0.05) is 6.07 Å². The van der Waals surface area contributed by atoms with Gasteiger partial charge in [-0.3, -0.25) is 19.4 Å². The molecular weight excluding hydrogens is 561 g/mol. The Hall–Kier alpha value is -4.28. The molecule has 1 fully saturated rings. The molecular formula is C30H34FN5O7. The van der Waals surface area contributed by atoms with Gasteiger partial charge in [0.1, 0.15) is 17.8 Å². The predicted octanol–water partition coefficient (Wildman–Crippen LogP) is 1.51. The van der Waals surface area contributed by atoms with Gasteiger partial charge in [0, 0.05) is 40.9 Å². The molecule has 1 saturated heterocycles. The molecule has 0 saturated carbocycles. The van der Waals surface area contributed by atoms with E-state index in [9.17, 15) is 34.6 Å². The fourth-order valence-corrected chi connectivity index (χ4v) is 7.49. The minimum absolute atomic E-state index is 0.0177. The monoisotopic (exact) mass is 595 g/mol. The van der Waals surface area contributed by atoms with Crippen molar-refractivity contribution in [3.8, 4) is 34.8 Å². The molecule has 2 aromatic carbocycles. The Morgan fingerprint density at radius 1 is 1.12 bits per heavy atom. The van der Waals surface area contributed by atoms with E-state index in [2.05, 4.69) is 21.6 Å². The molecule has 228 valence electrons. The van der Waals surface area contributed by atoms with Crippen LogP contribution in [0, 0.1) is 25.2 Å². The number of piperazine rings is 1. The lowest BCUT2D eigenvalue weighted by atomic mass is 9.71. The number of carbonyl (C=O) groups is 2. The van der Waals surface area contributed by atoms with Crippen LogP contribution < -0.4 is 20.1 Å². The molecule has 43 heavy (non-hydrogen) atoms. The molecule has 4 heterocycles. The maximum absolute atomic E-state index is 13.0. The largest absolute Gasteiger partial charge is 0.507 e. The molecule has 6 rings (SSSR count). The van der Waals surface area contributed by atoms with Gasteiger partial charge in [-0.2, -0.15) is 5.26 Å². The van der Waals surface area contributed by atoms with Crippen molar-refractivity contribution in [1.82, 2.24) is 20.4 Å². The molecule has 0 aliphatic carbocycles. The lowest BCUT2D eigenvalue weighted by Gasteiger charge is -2.60. The van der Waals surface area contributed by atoms with Crippen molar-refractivity contribution in [3.05, 3.63) is 39.4 Å². The number of aryl methyl sites for hydroxylation is 1. The summed E-state index contributed by atoms with van der Waals surface area (Å²) in [7, 11) is 1.89. The van der Waals surface area contributed by atoms with E-state index in [1.165, 1.54) is 6.92 Å². The van der Waals surface area contributed by atoms with Crippen molar-refractivity contribution >= 4 is 11.8 Å². The molecule has 12 nitrogen and oxygen atoms in total. The molecule has 2 bridgehead atoms. The number of benzene rings is 2. The second kappa shape index (κ2) is 10.5. The van der Waals surface area contributed by atoms with Gasteiger partial charge < -0.3 is 35.4 Å². The molecule has 5 N–H and O–H groups in total. The third-order valence-corrected chi connectivity index (χ3v) is 9.47. The third kappa shape index (κ3) is 4.23. The average molecular weight is 596 g/mol. The first kappa shape index (κ1) is 28.8. The minimum atomic E-state index is -1.26. The molecule has 13 heteroatoms. The molecule has 0 aromatic heterocycles. The summed E-state index contributed by atoms with van der Waals surface area (Å²) in [5.41, 5.74) is 3.62. The third-order valence-electron chi connectivity index (χ3n) is 9.47. The number of phenols is 3. The molecule has 0 spiro atoms. The molecule has 4 aliphatic rings. The highest BCUT2D eigenvalue weighted by atomic mass is 19.1. The zero-order valence-corrected chi connectivity index (χ0v) is 24.3. The van der Waals surface area contributed by atoms with Gasteiger partial charge in [-0.15, -0.1) is 0 Å². The van der Waals surface area contributed by atoms with Gasteiger partial charge in [-0.25, -0.2) is 4.39 Å². The topological polar surface area (TPSA) is 168 Å². The van der Waals surface area contributed by atoms with Crippen LogP contribution in [0.2, 0.25) is 0 Å². The number of nitrogens with one attached hydrogen (secondary N) is 2. The Labute approximate surface area is 247 Å². The summed E-state index contributed by atoms with van der Waals surface area (Å²) in [6, 6.07) is 0.722. The van der Waals surface area contributed by atoms with Crippen LogP contribution in [0.3, 0.4) is 0 Å². The van der Waals surface area contributed by atoms with E-state index in [0.717, 1.165) is 5.56 Å². The molecule has 4 aliphatic heterocycles. The van der Waals surface area contributed by atoms with E-state index in [0.29, 0.717) is 45.7 Å². The number of alkyl halides is 1. The number of halogens is 1. The highest BCUT2D eigenvalue weighted by Crippen LogP contribution is 2.58. The van der Waals surface area contributed by atoms with Crippen LogP contribution in [0.1, 0.15) is 52.4 Å². The summed E-state index contributed by atoms with van der Waals surface area (Å²) in [4.78, 5) is 28.7. The molecule has 0 radical (unpaired) electrons. The summed E-state index contributed by atoms with van der Waals surface area (Å²) in [6.45, 7) is 3.54. The first-order valence-corrected chi connectivity index (χ1v) is 14.2. The van der Waals surface area contributed by atoms with Gasteiger partial charge in [-0.05, 0) is 51.8 Å². The first-order chi connectivity index (χ1) is 20.5. The number of aromatic hydroxyl groups is 3. The fourth-order valence-electron chi connectivity index (χ4n) is 7.49. The first-order valence-electron chi connectivity index (χ1n) is 14.2. The van der Waals surface area contributed by atoms with Crippen molar-refractivity contribution in [2.75, 3.05) is 27.1 Å². The second-order valence-electron chi connectivity index (χ2n) is 11.8. The summed E-state index contributed by atoms with van der Waals surface area (Å²) < 4.78 is 24.4. The van der Waals surface area contributed by atoms with E-state index < -0.39 is 48.7 Å². The standard InChI is InChI=1S/C30H34FN5O7/c1-12-5-15-6-17-19(9-32)36-18(24(35(17)4)22(15)27(40)25(12)38)7-16-23(29-28(42-11-43-29)13(2)26(16)39)20(36)10-33-30(41)14(3)34-21(37)8-31/h5,14,17-20,24,38-40H,6-8,10-11H2,1-4H3,(H,33,41)(H,34,37)/t14-,17+,18?,19+,20+,24-/m1/s1. The van der Waals surface area contributed by atoms with Gasteiger partial charge in [0.05, 0.1) is 18.2 Å². The van der Waals surface area contributed by atoms with Crippen molar-refractivity contribution in [2.45, 2.75) is 69.9 Å². The average Bonchev–Trinajstić information content (AvgIpc) is 3.47. The van der Waals surface area contributed by atoms with Crippen molar-refractivity contribution in [3.63, 3.8) is 0 Å². The summed E-state index contributed by atoms with van der Waals surface area (Å²) in [6.07, 6.45) is 0.715. The van der Waals surface area contributed by atoms with Crippen LogP contribution in [0.15, 0.2) is 6.07 Å². The molecule has 6 atom stereocenters. The van der Waals surface area contributed by atoms with Crippen LogP contribution in [0.25, 0.3) is 0 Å². The molecule has 2 amide bonds. The number of fused-ring (bicyclic) bond motifs is 9. The van der Waals surface area contributed by atoms with Crippen LogP contribution in [-0.2, 0) is 22.4 Å². The van der Waals surface area contributed by atoms with Crippen molar-refractivity contribution in [2.24, 2.45) is 0 Å². The zero-order valence-electron chi connectivity index (χ0n) is 24.3. The lowest BCUT2D eigenvalue weighted by molar-refractivity contribution is -0.129. The highest BCUT2D eigenvalue weighted by molar-refractivity contribution is 5.87. The van der Waals surface area contributed by atoms with E-state index in [1.807, 2.05) is 18.0 Å². The normalized spacial score (nSPS) is 26.0. The van der Waals surface area contributed by atoms with Gasteiger partial charge >= 0.3 is 0 Å². The van der Waals surface area contributed by atoms with Crippen molar-refractivity contribution in [1.29, 1.82) is 5.26 Å². The Kier molecular flexibility index (Phi) is 7.01. The SMILES string of the molecule is Cc1cc2c(c(O)c1O)[C@H]1C3Cc4c(O)c(C)c5c(c4[C@H](CNC(=O)[C@@H](C)NC(=O)CF)N3[C@@H](C#N)[C@H](C2)N1C)OCO5. The number of phenolic OH excluding ortho intramolecular Hbond substituents is 3. The number of rotatable bonds is 5. The Balaban J connectivity index is 1.50. The summed E-state index contributed by atoms with van der Waals surface area (Å²) in [5.74, 6) is -1.04. The second-order valence-corrected chi connectivity index (χ2v) is 11.8. The summed E-state index contributed by atoms with van der Waals surface area (Å²) >= 11 is 0. The van der Waals surface area contributed by atoms with Gasteiger partial charge in [0.15, 0.2) is 29.7 Å². The lowest BCUT2D eigenvalue weighted by Crippen LogP contribution is -2.68. The quantitative estimate of drug-likeness (QED) is 0.320. The Morgan fingerprint density at radius 2 is 1.84 bits per heavy atom.